The Morgan fingerprint density at radius 1 is 1.12 bits per heavy atom. The molecule has 6 heteroatoms. The molecule has 4 fully saturated rings. The van der Waals surface area contributed by atoms with Crippen LogP contribution in [0.5, 0.6) is 0 Å². The molecule has 1 aromatic rings. The lowest BCUT2D eigenvalue weighted by Gasteiger charge is -2.51. The Labute approximate surface area is 153 Å². The van der Waals surface area contributed by atoms with Gasteiger partial charge < -0.3 is 9.80 Å². The summed E-state index contributed by atoms with van der Waals surface area (Å²) in [6.45, 7) is 8.46. The Morgan fingerprint density at radius 2 is 1.80 bits per heavy atom. The maximum Gasteiger partial charge on any atom is 0.258 e. The molecule has 4 aliphatic rings. The van der Waals surface area contributed by atoms with Crippen molar-refractivity contribution in [2.45, 2.75) is 25.8 Å². The standard InChI is InChI=1S/C19H25ClFN3O/c1-13-2-3-15(21)17(18(13)20)19(25)24-10-8-23(9-11-24)16-12-22-6-4-14(16)5-7-22/h2-3,14,16H,4-12H2,1H3. The molecule has 25 heavy (non-hydrogen) atoms. The van der Waals surface area contributed by atoms with Crippen molar-refractivity contribution in [1.29, 1.82) is 0 Å². The summed E-state index contributed by atoms with van der Waals surface area (Å²) in [6, 6.07) is 3.57. The number of piperazine rings is 1. The molecule has 5 rings (SSSR count). The molecule has 136 valence electrons. The topological polar surface area (TPSA) is 26.8 Å². The number of hydrogen-bond acceptors (Lipinski definition) is 3. The van der Waals surface area contributed by atoms with Crippen molar-refractivity contribution < 1.29 is 9.18 Å². The van der Waals surface area contributed by atoms with Crippen molar-refractivity contribution in [3.63, 3.8) is 0 Å². The van der Waals surface area contributed by atoms with E-state index >= 15 is 0 Å². The molecule has 4 saturated heterocycles. The first kappa shape index (κ1) is 17.3. The van der Waals surface area contributed by atoms with Crippen LogP contribution in [0.4, 0.5) is 4.39 Å². The lowest BCUT2D eigenvalue weighted by Crippen LogP contribution is -2.61. The van der Waals surface area contributed by atoms with Gasteiger partial charge in [-0.15, -0.1) is 0 Å². The van der Waals surface area contributed by atoms with E-state index in [1.807, 2.05) is 0 Å². The van der Waals surface area contributed by atoms with Crippen LogP contribution in [0.15, 0.2) is 12.1 Å². The second-order valence-corrected chi connectivity index (χ2v) is 7.96. The second-order valence-electron chi connectivity index (χ2n) is 7.59. The molecule has 0 spiro atoms. The molecule has 1 atom stereocenters. The molecule has 0 saturated carbocycles. The maximum absolute atomic E-state index is 14.2. The van der Waals surface area contributed by atoms with Gasteiger partial charge in [0.1, 0.15) is 5.82 Å². The van der Waals surface area contributed by atoms with Crippen LogP contribution in [0.1, 0.15) is 28.8 Å². The van der Waals surface area contributed by atoms with Gasteiger partial charge in [0.05, 0.1) is 10.6 Å². The van der Waals surface area contributed by atoms with E-state index < -0.39 is 5.82 Å². The van der Waals surface area contributed by atoms with Gasteiger partial charge in [0.15, 0.2) is 0 Å². The predicted octanol–water partition coefficient (Wildman–Crippen LogP) is 2.64. The van der Waals surface area contributed by atoms with Crippen molar-refractivity contribution >= 4 is 17.5 Å². The highest BCUT2D eigenvalue weighted by molar-refractivity contribution is 6.34. The Balaban J connectivity index is 1.42. The summed E-state index contributed by atoms with van der Waals surface area (Å²) in [5, 5.41) is 0.241. The number of aryl methyl sites for hydroxylation is 1. The largest absolute Gasteiger partial charge is 0.336 e. The second kappa shape index (κ2) is 6.86. The Bertz CT molecular complexity index is 667. The van der Waals surface area contributed by atoms with Crippen molar-refractivity contribution in [3.05, 3.63) is 34.1 Å². The molecule has 1 amide bonds. The van der Waals surface area contributed by atoms with E-state index in [9.17, 15) is 9.18 Å². The number of fused-ring (bicyclic) bond motifs is 3. The van der Waals surface area contributed by atoms with Gasteiger partial charge in [-0.1, -0.05) is 17.7 Å². The highest BCUT2D eigenvalue weighted by Gasteiger charge is 2.39. The number of nitrogens with zero attached hydrogens (tertiary/aromatic N) is 3. The van der Waals surface area contributed by atoms with Crippen molar-refractivity contribution in [2.24, 2.45) is 5.92 Å². The summed E-state index contributed by atoms with van der Waals surface area (Å²) in [5.41, 5.74) is 0.760. The van der Waals surface area contributed by atoms with Crippen LogP contribution in [-0.2, 0) is 0 Å². The van der Waals surface area contributed by atoms with E-state index in [1.165, 1.54) is 32.0 Å². The fourth-order valence-electron chi connectivity index (χ4n) is 4.61. The van der Waals surface area contributed by atoms with Crippen LogP contribution in [0.3, 0.4) is 0 Å². The average molecular weight is 366 g/mol. The monoisotopic (exact) mass is 365 g/mol. The fourth-order valence-corrected chi connectivity index (χ4v) is 4.85. The van der Waals surface area contributed by atoms with Crippen molar-refractivity contribution in [1.82, 2.24) is 14.7 Å². The van der Waals surface area contributed by atoms with Gasteiger partial charge in [0, 0.05) is 38.8 Å². The molecule has 0 aliphatic carbocycles. The van der Waals surface area contributed by atoms with E-state index in [4.69, 9.17) is 11.6 Å². The minimum atomic E-state index is -0.527. The van der Waals surface area contributed by atoms with Gasteiger partial charge in [0.2, 0.25) is 0 Å². The van der Waals surface area contributed by atoms with Gasteiger partial charge in [-0.2, -0.15) is 0 Å². The number of carbonyl (C=O) groups excluding carboxylic acids is 1. The predicted molar refractivity (Wildman–Crippen MR) is 96.6 cm³/mol. The normalized spacial score (nSPS) is 29.9. The fraction of sp³-hybridized carbons (Fsp3) is 0.632. The summed E-state index contributed by atoms with van der Waals surface area (Å²) in [6.07, 6.45) is 2.60. The van der Waals surface area contributed by atoms with Crippen LogP contribution in [0.2, 0.25) is 5.02 Å². The summed E-state index contributed by atoms with van der Waals surface area (Å²) < 4.78 is 14.2. The smallest absolute Gasteiger partial charge is 0.258 e. The van der Waals surface area contributed by atoms with E-state index in [2.05, 4.69) is 9.80 Å². The first-order valence-corrected chi connectivity index (χ1v) is 9.62. The molecule has 4 heterocycles. The number of amides is 1. The number of benzene rings is 1. The molecule has 0 aromatic heterocycles. The van der Waals surface area contributed by atoms with Gasteiger partial charge in [-0.25, -0.2) is 4.39 Å². The molecule has 2 bridgehead atoms. The van der Waals surface area contributed by atoms with Crippen LogP contribution < -0.4 is 0 Å². The molecular weight excluding hydrogens is 341 g/mol. The zero-order valence-corrected chi connectivity index (χ0v) is 15.4. The van der Waals surface area contributed by atoms with Crippen LogP contribution >= 0.6 is 11.6 Å². The Morgan fingerprint density at radius 3 is 2.40 bits per heavy atom. The molecule has 1 aromatic carbocycles. The average Bonchev–Trinajstić information content (AvgIpc) is 2.66. The van der Waals surface area contributed by atoms with E-state index in [0.29, 0.717) is 19.1 Å². The number of hydrogen-bond donors (Lipinski definition) is 0. The molecule has 1 unspecified atom stereocenters. The molecular formula is C19H25ClFN3O. The zero-order chi connectivity index (χ0) is 17.6. The number of carbonyl (C=O) groups is 1. The summed E-state index contributed by atoms with van der Waals surface area (Å²) >= 11 is 6.20. The third-order valence-corrected chi connectivity index (χ3v) is 6.68. The number of halogens is 2. The highest BCUT2D eigenvalue weighted by Crippen LogP contribution is 2.32. The lowest BCUT2D eigenvalue weighted by molar-refractivity contribution is -0.0131. The number of rotatable bonds is 2. The molecule has 0 N–H and O–H groups in total. The van der Waals surface area contributed by atoms with Gasteiger partial charge in [-0.3, -0.25) is 9.69 Å². The Kier molecular flexibility index (Phi) is 4.73. The highest BCUT2D eigenvalue weighted by atomic mass is 35.5. The summed E-state index contributed by atoms with van der Waals surface area (Å²) in [5.74, 6) is -0.00361. The summed E-state index contributed by atoms with van der Waals surface area (Å²) in [7, 11) is 0. The molecule has 4 aliphatic heterocycles. The molecule has 0 radical (unpaired) electrons. The van der Waals surface area contributed by atoms with Crippen LogP contribution in [0, 0.1) is 18.7 Å². The third-order valence-electron chi connectivity index (χ3n) is 6.19. The minimum Gasteiger partial charge on any atom is -0.336 e. The van der Waals surface area contributed by atoms with Gasteiger partial charge in [0.25, 0.3) is 5.91 Å². The van der Waals surface area contributed by atoms with E-state index in [-0.39, 0.29) is 16.5 Å². The lowest BCUT2D eigenvalue weighted by atomic mass is 9.83. The van der Waals surface area contributed by atoms with E-state index in [1.54, 1.807) is 17.9 Å². The number of piperidine rings is 3. The van der Waals surface area contributed by atoms with Crippen LogP contribution in [0.25, 0.3) is 0 Å². The SMILES string of the molecule is Cc1ccc(F)c(C(=O)N2CCN(C3CN4CCC3CC4)CC2)c1Cl. The third kappa shape index (κ3) is 3.18. The first-order valence-electron chi connectivity index (χ1n) is 9.25. The van der Waals surface area contributed by atoms with E-state index in [0.717, 1.165) is 31.1 Å². The van der Waals surface area contributed by atoms with Gasteiger partial charge >= 0.3 is 0 Å². The summed E-state index contributed by atoms with van der Waals surface area (Å²) in [4.78, 5) is 19.6. The zero-order valence-electron chi connectivity index (χ0n) is 14.7. The van der Waals surface area contributed by atoms with Crippen molar-refractivity contribution in [2.75, 3.05) is 45.8 Å². The van der Waals surface area contributed by atoms with Crippen LogP contribution in [-0.4, -0.2) is 72.5 Å². The molecule has 4 nitrogen and oxygen atoms in total. The minimum absolute atomic E-state index is 0.0259. The quantitative estimate of drug-likeness (QED) is 0.806. The van der Waals surface area contributed by atoms with Gasteiger partial charge in [-0.05, 0) is 50.4 Å². The van der Waals surface area contributed by atoms with Crippen molar-refractivity contribution in [3.8, 4) is 0 Å². The first-order chi connectivity index (χ1) is 12.0. The Hall–Kier alpha value is -1.17. The maximum atomic E-state index is 14.2.